The first kappa shape index (κ1) is 21.6. The van der Waals surface area contributed by atoms with Crippen LogP contribution in [0.3, 0.4) is 0 Å². The Hall–Kier alpha value is -2.69. The number of hydrogen-bond acceptors (Lipinski definition) is 6. The Balaban J connectivity index is 2.01. The molecule has 0 fully saturated rings. The number of rotatable bonds is 7. The quantitative estimate of drug-likeness (QED) is 0.532. The molecule has 11 heteroatoms. The first-order valence-corrected chi connectivity index (χ1v) is 8.95. The van der Waals surface area contributed by atoms with Gasteiger partial charge in [-0.3, -0.25) is 4.99 Å². The average molecular weight is 418 g/mol. The lowest BCUT2D eigenvalue weighted by molar-refractivity contribution is -0.140. The van der Waals surface area contributed by atoms with Crippen molar-refractivity contribution >= 4 is 17.3 Å². The summed E-state index contributed by atoms with van der Waals surface area (Å²) in [6.45, 7) is 0.457. The maximum atomic E-state index is 12.6. The second-order valence-electron chi connectivity index (χ2n) is 5.42. The van der Waals surface area contributed by atoms with Gasteiger partial charge in [0, 0.05) is 30.6 Å². The molecule has 0 spiro atoms. The number of nitrogens with zero attached hydrogens (tertiary/aromatic N) is 2. The Labute approximate surface area is 164 Å². The van der Waals surface area contributed by atoms with E-state index in [0.717, 1.165) is 22.3 Å². The molecule has 0 atom stereocenters. The van der Waals surface area contributed by atoms with E-state index < -0.39 is 11.9 Å². The number of alkyl halides is 3. The molecular formula is C17H21F3N4O3S. The molecule has 0 saturated carbocycles. The summed E-state index contributed by atoms with van der Waals surface area (Å²) in [4.78, 5) is 7.63. The predicted molar refractivity (Wildman–Crippen MR) is 100 cm³/mol. The second-order valence-corrected chi connectivity index (χ2v) is 6.37. The molecule has 0 aliphatic carbocycles. The monoisotopic (exact) mass is 418 g/mol. The highest BCUT2D eigenvalue weighted by molar-refractivity contribution is 7.09. The molecule has 28 heavy (non-hydrogen) atoms. The number of benzene rings is 1. The van der Waals surface area contributed by atoms with E-state index in [4.69, 9.17) is 14.2 Å². The lowest BCUT2D eigenvalue weighted by Crippen LogP contribution is -2.36. The van der Waals surface area contributed by atoms with Gasteiger partial charge in [-0.15, -0.1) is 11.3 Å². The first-order valence-electron chi connectivity index (χ1n) is 8.07. The molecule has 2 rings (SSSR count). The fourth-order valence-electron chi connectivity index (χ4n) is 2.31. The fraction of sp³-hybridized carbons (Fsp3) is 0.412. The number of thiazole rings is 1. The van der Waals surface area contributed by atoms with Crippen LogP contribution >= 0.6 is 11.3 Å². The molecule has 7 nitrogen and oxygen atoms in total. The van der Waals surface area contributed by atoms with E-state index in [9.17, 15) is 13.2 Å². The van der Waals surface area contributed by atoms with Crippen molar-refractivity contribution < 1.29 is 27.4 Å². The highest BCUT2D eigenvalue weighted by Gasteiger charge is 2.33. The molecule has 0 amide bonds. The topological polar surface area (TPSA) is 77.0 Å². The molecule has 2 N–H and O–H groups in total. The Morgan fingerprint density at radius 2 is 1.64 bits per heavy atom. The highest BCUT2D eigenvalue weighted by Crippen LogP contribution is 2.34. The number of aromatic nitrogens is 1. The maximum absolute atomic E-state index is 12.6. The third-order valence-electron chi connectivity index (χ3n) is 3.71. The van der Waals surface area contributed by atoms with Gasteiger partial charge in [0.2, 0.25) is 0 Å². The zero-order valence-electron chi connectivity index (χ0n) is 15.8. The van der Waals surface area contributed by atoms with Gasteiger partial charge < -0.3 is 24.8 Å². The van der Waals surface area contributed by atoms with Crippen molar-refractivity contribution in [2.75, 3.05) is 28.4 Å². The van der Waals surface area contributed by atoms with Gasteiger partial charge in [-0.05, 0) is 6.07 Å². The summed E-state index contributed by atoms with van der Waals surface area (Å²) in [5.41, 5.74) is -0.107. The Kier molecular flexibility index (Phi) is 7.32. The molecule has 0 aliphatic rings. The average Bonchev–Trinajstić information content (AvgIpc) is 3.17. The molecule has 0 unspecified atom stereocenters. The van der Waals surface area contributed by atoms with Gasteiger partial charge in [-0.25, -0.2) is 4.98 Å². The van der Waals surface area contributed by atoms with Crippen molar-refractivity contribution in [1.82, 2.24) is 15.6 Å². The summed E-state index contributed by atoms with van der Waals surface area (Å²) in [5, 5.41) is 7.30. The summed E-state index contributed by atoms with van der Waals surface area (Å²) in [6, 6.07) is 3.48. The summed E-state index contributed by atoms with van der Waals surface area (Å²) in [7, 11) is 6.16. The zero-order chi connectivity index (χ0) is 20.7. The molecular weight excluding hydrogens is 397 g/mol. The van der Waals surface area contributed by atoms with Crippen LogP contribution in [0, 0.1) is 0 Å². The minimum atomic E-state index is -4.45. The van der Waals surface area contributed by atoms with Gasteiger partial charge in [0.1, 0.15) is 10.8 Å². The van der Waals surface area contributed by atoms with E-state index in [2.05, 4.69) is 20.6 Å². The van der Waals surface area contributed by atoms with Crippen molar-refractivity contribution in [3.05, 3.63) is 33.8 Å². The van der Waals surface area contributed by atoms with Crippen LogP contribution in [0.4, 0.5) is 13.2 Å². The van der Waals surface area contributed by atoms with Crippen LogP contribution in [0.5, 0.6) is 17.2 Å². The molecule has 0 saturated heterocycles. The molecule has 0 radical (unpaired) electrons. The SMILES string of the molecule is CN=C(NCc1nc(C(F)(F)F)cs1)NCc1cc(OC)c(OC)cc1OC. The Bertz CT molecular complexity index is 824. The van der Waals surface area contributed by atoms with Crippen molar-refractivity contribution in [3.8, 4) is 17.2 Å². The van der Waals surface area contributed by atoms with Crippen LogP contribution in [0.25, 0.3) is 0 Å². The summed E-state index contributed by atoms with van der Waals surface area (Å²) >= 11 is 0.932. The van der Waals surface area contributed by atoms with E-state index in [1.807, 2.05) is 0 Å². The number of aliphatic imine (C=N–C) groups is 1. The largest absolute Gasteiger partial charge is 0.496 e. The standard InChI is InChI=1S/C17H21F3N4O3S/c1-21-16(23-8-15-24-14(9-28-15)17(18,19)20)22-7-10-5-12(26-3)13(27-4)6-11(10)25-2/h5-6,9H,7-8H2,1-4H3,(H2,21,22,23). The van der Waals surface area contributed by atoms with E-state index in [-0.39, 0.29) is 6.54 Å². The van der Waals surface area contributed by atoms with E-state index >= 15 is 0 Å². The third kappa shape index (κ3) is 5.41. The summed E-state index contributed by atoms with van der Waals surface area (Å²) in [5.74, 6) is 2.08. The van der Waals surface area contributed by atoms with Crippen molar-refractivity contribution in [3.63, 3.8) is 0 Å². The number of guanidine groups is 1. The smallest absolute Gasteiger partial charge is 0.434 e. The summed E-state index contributed by atoms with van der Waals surface area (Å²) in [6.07, 6.45) is -4.45. The third-order valence-corrected chi connectivity index (χ3v) is 4.55. The predicted octanol–water partition coefficient (Wildman–Crippen LogP) is 3.05. The van der Waals surface area contributed by atoms with Crippen molar-refractivity contribution in [1.29, 1.82) is 0 Å². The molecule has 154 valence electrons. The van der Waals surface area contributed by atoms with E-state index in [1.165, 1.54) is 14.2 Å². The van der Waals surface area contributed by atoms with Crippen LogP contribution in [-0.4, -0.2) is 39.3 Å². The molecule has 2 aromatic rings. The molecule has 0 bridgehead atoms. The zero-order valence-corrected chi connectivity index (χ0v) is 16.6. The minimum Gasteiger partial charge on any atom is -0.496 e. The van der Waals surface area contributed by atoms with Crippen LogP contribution in [0.15, 0.2) is 22.5 Å². The summed E-state index contributed by atoms with van der Waals surface area (Å²) < 4.78 is 53.8. The number of nitrogens with one attached hydrogen (secondary N) is 2. The maximum Gasteiger partial charge on any atom is 0.434 e. The Morgan fingerprint density at radius 3 is 2.18 bits per heavy atom. The van der Waals surface area contributed by atoms with E-state index in [0.29, 0.717) is 34.8 Å². The number of ether oxygens (including phenoxy) is 3. The van der Waals surface area contributed by atoms with Crippen LogP contribution in [0.2, 0.25) is 0 Å². The normalized spacial score (nSPS) is 11.9. The van der Waals surface area contributed by atoms with Gasteiger partial charge in [-0.2, -0.15) is 13.2 Å². The van der Waals surface area contributed by atoms with Crippen molar-refractivity contribution in [2.45, 2.75) is 19.3 Å². The molecule has 1 aromatic heterocycles. The van der Waals surface area contributed by atoms with Crippen LogP contribution < -0.4 is 24.8 Å². The first-order chi connectivity index (χ1) is 13.3. The van der Waals surface area contributed by atoms with E-state index in [1.54, 1.807) is 26.3 Å². The van der Waals surface area contributed by atoms with Gasteiger partial charge in [-0.1, -0.05) is 0 Å². The van der Waals surface area contributed by atoms with Crippen molar-refractivity contribution in [2.24, 2.45) is 4.99 Å². The number of halogens is 3. The van der Waals surface area contributed by atoms with Gasteiger partial charge in [0.25, 0.3) is 0 Å². The number of methoxy groups -OCH3 is 3. The molecule has 1 heterocycles. The van der Waals surface area contributed by atoms with Crippen LogP contribution in [0.1, 0.15) is 16.3 Å². The fourth-order valence-corrected chi connectivity index (χ4v) is 3.05. The second kappa shape index (κ2) is 9.49. The highest BCUT2D eigenvalue weighted by atomic mass is 32.1. The minimum absolute atomic E-state index is 0.115. The Morgan fingerprint density at radius 1 is 1.04 bits per heavy atom. The van der Waals surface area contributed by atoms with Gasteiger partial charge >= 0.3 is 6.18 Å². The van der Waals surface area contributed by atoms with Gasteiger partial charge in [0.05, 0.1) is 27.9 Å². The lowest BCUT2D eigenvalue weighted by atomic mass is 10.1. The molecule has 1 aromatic carbocycles. The number of hydrogen-bond donors (Lipinski definition) is 2. The molecule has 0 aliphatic heterocycles. The van der Waals surface area contributed by atoms with Gasteiger partial charge in [0.15, 0.2) is 23.2 Å². The lowest BCUT2D eigenvalue weighted by Gasteiger charge is -2.16. The van der Waals surface area contributed by atoms with Crippen LogP contribution in [-0.2, 0) is 19.3 Å².